The SMILES string of the molecule is CC(Br)c1cc2cccc(/C=C/C(=O)/C=C(O)/C=C/c3cccc4cc(C(C)Br)c(=O)oc34)c2oc1=O. The zero-order chi connectivity index (χ0) is 26.7. The largest absolute Gasteiger partial charge is 0.508 e. The van der Waals surface area contributed by atoms with E-state index in [9.17, 15) is 19.5 Å². The summed E-state index contributed by atoms with van der Waals surface area (Å²) in [6.07, 6.45) is 6.78. The highest BCUT2D eigenvalue weighted by molar-refractivity contribution is 9.09. The van der Waals surface area contributed by atoms with E-state index in [-0.39, 0.29) is 15.4 Å². The van der Waals surface area contributed by atoms with Crippen LogP contribution >= 0.6 is 31.9 Å². The van der Waals surface area contributed by atoms with Crippen LogP contribution in [0, 0.1) is 0 Å². The van der Waals surface area contributed by atoms with Gasteiger partial charge < -0.3 is 13.9 Å². The zero-order valence-electron chi connectivity index (χ0n) is 19.9. The predicted octanol–water partition coefficient (Wildman–Crippen LogP) is 7.55. The topological polar surface area (TPSA) is 97.7 Å². The summed E-state index contributed by atoms with van der Waals surface area (Å²) in [6, 6.07) is 14.2. The number of carbonyl (C=O) groups is 1. The van der Waals surface area contributed by atoms with Crippen molar-refractivity contribution in [2.75, 3.05) is 0 Å². The first-order valence-corrected chi connectivity index (χ1v) is 13.2. The van der Waals surface area contributed by atoms with E-state index in [2.05, 4.69) is 31.9 Å². The third-order valence-electron chi connectivity index (χ3n) is 5.64. The molecular weight excluding hydrogens is 604 g/mol. The van der Waals surface area contributed by atoms with E-state index in [0.29, 0.717) is 33.4 Å². The van der Waals surface area contributed by atoms with E-state index in [1.165, 1.54) is 18.2 Å². The number of para-hydroxylation sites is 2. The van der Waals surface area contributed by atoms with E-state index in [1.807, 2.05) is 32.0 Å². The summed E-state index contributed by atoms with van der Waals surface area (Å²) in [5.41, 5.74) is 2.02. The minimum atomic E-state index is -0.465. The van der Waals surface area contributed by atoms with Crippen molar-refractivity contribution >= 4 is 71.7 Å². The lowest BCUT2D eigenvalue weighted by Gasteiger charge is -2.05. The second kappa shape index (κ2) is 11.3. The van der Waals surface area contributed by atoms with Gasteiger partial charge in [-0.15, -0.1) is 0 Å². The van der Waals surface area contributed by atoms with Gasteiger partial charge in [0.15, 0.2) is 5.78 Å². The van der Waals surface area contributed by atoms with Gasteiger partial charge in [0.2, 0.25) is 0 Å². The summed E-state index contributed by atoms with van der Waals surface area (Å²) < 4.78 is 11.0. The molecule has 0 amide bonds. The van der Waals surface area contributed by atoms with Crippen molar-refractivity contribution < 1.29 is 18.7 Å². The molecule has 6 nitrogen and oxygen atoms in total. The molecule has 2 aromatic heterocycles. The molecule has 0 radical (unpaired) electrons. The van der Waals surface area contributed by atoms with Crippen LogP contribution in [0.1, 0.15) is 45.8 Å². The van der Waals surface area contributed by atoms with Crippen LogP contribution in [0.3, 0.4) is 0 Å². The lowest BCUT2D eigenvalue weighted by molar-refractivity contribution is -0.110. The fourth-order valence-corrected chi connectivity index (χ4v) is 4.41. The molecule has 2 aromatic carbocycles. The first-order chi connectivity index (χ1) is 17.6. The van der Waals surface area contributed by atoms with Gasteiger partial charge in [0.05, 0.1) is 11.1 Å². The van der Waals surface area contributed by atoms with Crippen LogP contribution in [0.5, 0.6) is 0 Å². The van der Waals surface area contributed by atoms with Gasteiger partial charge in [-0.1, -0.05) is 68.3 Å². The fraction of sp³-hybridized carbons (Fsp3) is 0.138. The number of benzene rings is 2. The smallest absolute Gasteiger partial charge is 0.340 e. The van der Waals surface area contributed by atoms with Gasteiger partial charge >= 0.3 is 11.3 Å². The number of allylic oxidation sites excluding steroid dienone is 3. The molecule has 4 rings (SSSR count). The zero-order valence-corrected chi connectivity index (χ0v) is 23.1. The molecule has 0 saturated carbocycles. The number of carbonyl (C=O) groups excluding carboxylic acids is 1. The summed E-state index contributed by atoms with van der Waals surface area (Å²) in [6.45, 7) is 3.68. The molecule has 37 heavy (non-hydrogen) atoms. The molecule has 2 unspecified atom stereocenters. The third kappa shape index (κ3) is 6.09. The van der Waals surface area contributed by atoms with Crippen molar-refractivity contribution in [2.45, 2.75) is 23.5 Å². The van der Waals surface area contributed by atoms with Crippen LogP contribution in [-0.2, 0) is 4.79 Å². The second-order valence-corrected chi connectivity index (χ2v) is 11.1. The van der Waals surface area contributed by atoms with E-state index in [0.717, 1.165) is 16.8 Å². The van der Waals surface area contributed by atoms with Gasteiger partial charge in [-0.25, -0.2) is 9.59 Å². The standard InChI is InChI=1S/C29H22Br2O6/c1-16(30)24-13-20-7-3-5-18(26(20)36-28(24)34)9-11-22(32)15-23(33)12-10-19-6-4-8-21-14-25(17(2)31)29(35)37-27(19)21/h3-17,32H,1-2H3/b11-9+,12-10+,22-15-. The highest BCUT2D eigenvalue weighted by Crippen LogP contribution is 2.26. The molecule has 1 N–H and O–H groups in total. The molecule has 188 valence electrons. The van der Waals surface area contributed by atoms with Crippen LogP contribution in [0.2, 0.25) is 0 Å². The van der Waals surface area contributed by atoms with Crippen molar-refractivity contribution in [3.8, 4) is 0 Å². The summed E-state index contributed by atoms with van der Waals surface area (Å²) in [7, 11) is 0. The maximum absolute atomic E-state index is 12.4. The number of fused-ring (bicyclic) bond motifs is 2. The number of hydrogen-bond acceptors (Lipinski definition) is 6. The van der Waals surface area contributed by atoms with Crippen molar-refractivity contribution in [2.24, 2.45) is 0 Å². The third-order valence-corrected chi connectivity index (χ3v) is 6.63. The van der Waals surface area contributed by atoms with Gasteiger partial charge in [0, 0.05) is 37.6 Å². The Balaban J connectivity index is 1.56. The van der Waals surface area contributed by atoms with Crippen LogP contribution < -0.4 is 11.3 Å². The predicted molar refractivity (Wildman–Crippen MR) is 153 cm³/mol. The van der Waals surface area contributed by atoms with Crippen LogP contribution in [0.4, 0.5) is 0 Å². The highest BCUT2D eigenvalue weighted by atomic mass is 79.9. The van der Waals surface area contributed by atoms with Crippen molar-refractivity contribution in [3.05, 3.63) is 116 Å². The van der Waals surface area contributed by atoms with E-state index in [1.54, 1.807) is 36.4 Å². The maximum atomic E-state index is 12.4. The average Bonchev–Trinajstić information content (AvgIpc) is 2.85. The molecule has 2 atom stereocenters. The Hall–Kier alpha value is -3.49. The Bertz CT molecular complexity index is 1700. The van der Waals surface area contributed by atoms with Crippen LogP contribution in [0.25, 0.3) is 34.1 Å². The van der Waals surface area contributed by atoms with E-state index >= 15 is 0 Å². The molecule has 0 aliphatic carbocycles. The van der Waals surface area contributed by atoms with Crippen molar-refractivity contribution in [1.82, 2.24) is 0 Å². The molecule has 0 aliphatic rings. The van der Waals surface area contributed by atoms with E-state index in [4.69, 9.17) is 8.83 Å². The van der Waals surface area contributed by atoms with Gasteiger partial charge in [0.1, 0.15) is 16.9 Å². The first-order valence-electron chi connectivity index (χ1n) is 11.4. The summed E-state index contributed by atoms with van der Waals surface area (Å²) in [5.74, 6) is -0.743. The molecule has 0 saturated heterocycles. The molecule has 0 fully saturated rings. The highest BCUT2D eigenvalue weighted by Gasteiger charge is 2.13. The monoisotopic (exact) mass is 624 g/mol. The lowest BCUT2D eigenvalue weighted by Crippen LogP contribution is -2.07. The number of aliphatic hydroxyl groups is 1. The molecule has 0 bridgehead atoms. The molecule has 0 spiro atoms. The van der Waals surface area contributed by atoms with Gasteiger partial charge in [0.25, 0.3) is 0 Å². The normalized spacial score (nSPS) is 14.1. The van der Waals surface area contributed by atoms with Gasteiger partial charge in [-0.3, -0.25) is 4.79 Å². The molecule has 0 aliphatic heterocycles. The Kier molecular flexibility index (Phi) is 8.10. The minimum absolute atomic E-state index is 0.154. The van der Waals surface area contributed by atoms with E-state index < -0.39 is 17.0 Å². The Morgan fingerprint density at radius 1 is 0.811 bits per heavy atom. The average molecular weight is 626 g/mol. The number of halogens is 2. The summed E-state index contributed by atoms with van der Waals surface area (Å²) in [4.78, 5) is 36.7. The number of hydrogen-bond donors (Lipinski definition) is 1. The van der Waals surface area contributed by atoms with Crippen LogP contribution in [0.15, 0.2) is 90.9 Å². The van der Waals surface area contributed by atoms with Gasteiger partial charge in [-0.05, 0) is 50.3 Å². The van der Waals surface area contributed by atoms with Crippen molar-refractivity contribution in [3.63, 3.8) is 0 Å². The number of rotatable bonds is 7. The molecular formula is C29H22Br2O6. The lowest BCUT2D eigenvalue weighted by atomic mass is 10.1. The Morgan fingerprint density at radius 2 is 1.27 bits per heavy atom. The fourth-order valence-electron chi connectivity index (χ4n) is 3.77. The Morgan fingerprint density at radius 3 is 1.73 bits per heavy atom. The number of alkyl halides is 2. The maximum Gasteiger partial charge on any atom is 0.340 e. The summed E-state index contributed by atoms with van der Waals surface area (Å²) >= 11 is 6.77. The second-order valence-electron chi connectivity index (χ2n) is 8.38. The minimum Gasteiger partial charge on any atom is -0.508 e. The number of aliphatic hydroxyl groups excluding tert-OH is 1. The number of ketones is 1. The first kappa shape index (κ1) is 26.6. The Labute approximate surface area is 228 Å². The van der Waals surface area contributed by atoms with Crippen LogP contribution in [-0.4, -0.2) is 10.9 Å². The quantitative estimate of drug-likeness (QED) is 0.0749. The molecule has 4 aromatic rings. The van der Waals surface area contributed by atoms with Gasteiger partial charge in [-0.2, -0.15) is 0 Å². The molecule has 8 heteroatoms. The van der Waals surface area contributed by atoms with Crippen molar-refractivity contribution in [1.29, 1.82) is 0 Å². The summed E-state index contributed by atoms with van der Waals surface area (Å²) in [5, 5.41) is 11.7. The molecule has 2 heterocycles.